The number of carbonyl (C=O) groups is 1. The zero-order chi connectivity index (χ0) is 18.1. The first kappa shape index (κ1) is 18.1. The van der Waals surface area contributed by atoms with Gasteiger partial charge in [0.25, 0.3) is 11.6 Å². The van der Waals surface area contributed by atoms with Crippen LogP contribution in [0.2, 0.25) is 0 Å². The maximum absolute atomic E-state index is 11.9. The van der Waals surface area contributed by atoms with Gasteiger partial charge in [-0.15, -0.1) is 0 Å². The molecule has 0 aromatic heterocycles. The van der Waals surface area contributed by atoms with Crippen molar-refractivity contribution in [1.29, 1.82) is 0 Å². The molecule has 1 N–H and O–H groups in total. The molecule has 0 fully saturated rings. The Morgan fingerprint density at radius 2 is 2.04 bits per heavy atom. The first-order valence-electron chi connectivity index (χ1n) is 7.91. The van der Waals surface area contributed by atoms with Crippen molar-refractivity contribution in [3.05, 3.63) is 69.8 Å². The van der Waals surface area contributed by atoms with Crippen molar-refractivity contribution in [1.82, 2.24) is 5.43 Å². The molecule has 7 nitrogen and oxygen atoms in total. The minimum atomic E-state index is -0.551. The molecule has 0 bridgehead atoms. The number of hydrogen-bond acceptors (Lipinski definition) is 5. The van der Waals surface area contributed by atoms with Gasteiger partial charge in [0.05, 0.1) is 17.7 Å². The van der Waals surface area contributed by atoms with Crippen molar-refractivity contribution in [3.8, 4) is 5.75 Å². The molecule has 0 saturated carbocycles. The smallest absolute Gasteiger partial charge is 0.271 e. The van der Waals surface area contributed by atoms with Gasteiger partial charge in [-0.1, -0.05) is 19.4 Å². The Balaban J connectivity index is 1.90. The average Bonchev–Trinajstić information content (AvgIpc) is 2.63. The van der Waals surface area contributed by atoms with Crippen LogP contribution in [0, 0.1) is 10.1 Å². The van der Waals surface area contributed by atoms with E-state index in [1.54, 1.807) is 0 Å². The van der Waals surface area contributed by atoms with Crippen LogP contribution < -0.4 is 10.2 Å². The number of nitrogens with one attached hydrogen (secondary N) is 1. The highest BCUT2D eigenvalue weighted by Gasteiger charge is 2.10. The lowest BCUT2D eigenvalue weighted by Crippen LogP contribution is -2.17. The lowest BCUT2D eigenvalue weighted by Gasteiger charge is -2.05. The van der Waals surface area contributed by atoms with Crippen LogP contribution in [0.1, 0.15) is 35.7 Å². The second kappa shape index (κ2) is 9.17. The normalized spacial score (nSPS) is 10.6. The van der Waals surface area contributed by atoms with Gasteiger partial charge in [-0.25, -0.2) is 5.43 Å². The van der Waals surface area contributed by atoms with Crippen molar-refractivity contribution in [2.45, 2.75) is 19.8 Å². The van der Waals surface area contributed by atoms with Crippen LogP contribution in [-0.4, -0.2) is 23.7 Å². The van der Waals surface area contributed by atoms with Crippen molar-refractivity contribution in [2.24, 2.45) is 5.10 Å². The van der Waals surface area contributed by atoms with Gasteiger partial charge in [-0.05, 0) is 42.3 Å². The third-order valence-corrected chi connectivity index (χ3v) is 3.35. The van der Waals surface area contributed by atoms with E-state index in [0.717, 1.165) is 24.2 Å². The number of carbonyl (C=O) groups excluding carboxylic acids is 1. The van der Waals surface area contributed by atoms with Crippen LogP contribution >= 0.6 is 0 Å². The molecule has 0 aliphatic carbocycles. The Kier molecular flexibility index (Phi) is 6.65. The number of ether oxygens (including phenoxy) is 1. The monoisotopic (exact) mass is 341 g/mol. The second-order valence-electron chi connectivity index (χ2n) is 5.28. The lowest BCUT2D eigenvalue weighted by molar-refractivity contribution is -0.384. The van der Waals surface area contributed by atoms with Gasteiger partial charge in [0.1, 0.15) is 5.75 Å². The fourth-order valence-corrected chi connectivity index (χ4v) is 1.98. The molecule has 0 saturated heterocycles. The maximum Gasteiger partial charge on any atom is 0.271 e. The number of rotatable bonds is 8. The fraction of sp³-hybridized carbons (Fsp3) is 0.222. The predicted octanol–water partition coefficient (Wildman–Crippen LogP) is 3.54. The molecule has 0 aliphatic rings. The van der Waals surface area contributed by atoms with E-state index in [1.807, 2.05) is 24.3 Å². The van der Waals surface area contributed by atoms with Crippen LogP contribution in [-0.2, 0) is 0 Å². The van der Waals surface area contributed by atoms with Crippen LogP contribution in [0.5, 0.6) is 5.75 Å². The highest BCUT2D eigenvalue weighted by molar-refractivity contribution is 5.95. The number of nitrogens with zero attached hydrogens (tertiary/aromatic N) is 2. The highest BCUT2D eigenvalue weighted by Crippen LogP contribution is 2.13. The van der Waals surface area contributed by atoms with Gasteiger partial charge in [-0.2, -0.15) is 5.10 Å². The number of nitro groups is 1. The van der Waals surface area contributed by atoms with Crippen molar-refractivity contribution in [3.63, 3.8) is 0 Å². The zero-order valence-electron chi connectivity index (χ0n) is 13.8. The molecule has 1 amide bonds. The molecule has 130 valence electrons. The molecule has 0 aliphatic heterocycles. The third-order valence-electron chi connectivity index (χ3n) is 3.35. The lowest BCUT2D eigenvalue weighted by atomic mass is 10.2. The average molecular weight is 341 g/mol. The van der Waals surface area contributed by atoms with Crippen LogP contribution in [0.4, 0.5) is 5.69 Å². The van der Waals surface area contributed by atoms with E-state index >= 15 is 0 Å². The summed E-state index contributed by atoms with van der Waals surface area (Å²) in [5.41, 5.74) is 3.17. The van der Waals surface area contributed by atoms with Crippen LogP contribution in [0.15, 0.2) is 53.6 Å². The van der Waals surface area contributed by atoms with Crippen LogP contribution in [0.3, 0.4) is 0 Å². The molecular formula is C18H19N3O4. The van der Waals surface area contributed by atoms with Gasteiger partial charge in [-0.3, -0.25) is 14.9 Å². The SMILES string of the molecule is CCCCOc1ccc(C=NNC(=O)c2cccc([N+](=O)[O-])c2)cc1. The summed E-state index contributed by atoms with van der Waals surface area (Å²) in [7, 11) is 0. The van der Waals surface area contributed by atoms with Gasteiger partial charge in [0.2, 0.25) is 0 Å². The molecule has 7 heteroatoms. The molecule has 2 aromatic rings. The van der Waals surface area contributed by atoms with Gasteiger partial charge < -0.3 is 4.74 Å². The first-order chi connectivity index (χ1) is 12.1. The molecular weight excluding hydrogens is 322 g/mol. The largest absolute Gasteiger partial charge is 0.494 e. The predicted molar refractivity (Wildman–Crippen MR) is 95.0 cm³/mol. The summed E-state index contributed by atoms with van der Waals surface area (Å²) in [5, 5.41) is 14.6. The molecule has 0 spiro atoms. The minimum Gasteiger partial charge on any atom is -0.494 e. The third kappa shape index (κ3) is 5.72. The molecule has 0 atom stereocenters. The standard InChI is InChI=1S/C18H19N3O4/c1-2-3-11-25-17-9-7-14(8-10-17)13-19-20-18(22)15-5-4-6-16(12-15)21(23)24/h4-10,12-13H,2-3,11H2,1H3,(H,20,22). The Labute approximate surface area is 145 Å². The van der Waals surface area contributed by atoms with Gasteiger partial charge in [0, 0.05) is 17.7 Å². The minimum absolute atomic E-state index is 0.143. The summed E-state index contributed by atoms with van der Waals surface area (Å²) in [6, 6.07) is 12.8. The number of hydrazone groups is 1. The van der Waals surface area contributed by atoms with Gasteiger partial charge in [0.15, 0.2) is 0 Å². The van der Waals surface area contributed by atoms with E-state index in [1.165, 1.54) is 30.5 Å². The van der Waals surface area contributed by atoms with Crippen molar-refractivity contribution < 1.29 is 14.5 Å². The van der Waals surface area contributed by atoms with E-state index < -0.39 is 10.8 Å². The number of unbranched alkanes of at least 4 members (excludes halogenated alkanes) is 1. The Morgan fingerprint density at radius 1 is 1.28 bits per heavy atom. The van der Waals surface area contributed by atoms with Gasteiger partial charge >= 0.3 is 0 Å². The molecule has 0 heterocycles. The number of non-ortho nitro benzene ring substituents is 1. The van der Waals surface area contributed by atoms with E-state index in [9.17, 15) is 14.9 Å². The summed E-state index contributed by atoms with van der Waals surface area (Å²) in [4.78, 5) is 22.1. The topological polar surface area (TPSA) is 93.8 Å². The summed E-state index contributed by atoms with van der Waals surface area (Å²) < 4.78 is 5.56. The highest BCUT2D eigenvalue weighted by atomic mass is 16.6. The Hall–Kier alpha value is -3.22. The summed E-state index contributed by atoms with van der Waals surface area (Å²) in [6.45, 7) is 2.79. The van der Waals surface area contributed by atoms with E-state index in [0.29, 0.717) is 6.61 Å². The van der Waals surface area contributed by atoms with E-state index in [2.05, 4.69) is 17.5 Å². The van der Waals surface area contributed by atoms with Crippen molar-refractivity contribution in [2.75, 3.05) is 6.61 Å². The first-order valence-corrected chi connectivity index (χ1v) is 7.91. The van der Waals surface area contributed by atoms with Crippen molar-refractivity contribution >= 4 is 17.8 Å². The summed E-state index contributed by atoms with van der Waals surface area (Å²) in [6.07, 6.45) is 3.58. The number of amides is 1. The Bertz CT molecular complexity index is 757. The second-order valence-corrected chi connectivity index (χ2v) is 5.28. The summed E-state index contributed by atoms with van der Waals surface area (Å²) >= 11 is 0. The quantitative estimate of drug-likeness (QED) is 0.344. The number of benzene rings is 2. The molecule has 2 rings (SSSR count). The van der Waals surface area contributed by atoms with E-state index in [-0.39, 0.29) is 11.3 Å². The number of nitro benzene ring substituents is 1. The molecule has 0 unspecified atom stereocenters. The molecule has 2 aromatic carbocycles. The van der Waals surface area contributed by atoms with E-state index in [4.69, 9.17) is 4.74 Å². The maximum atomic E-state index is 11.9. The van der Waals surface area contributed by atoms with Crippen LogP contribution in [0.25, 0.3) is 0 Å². The molecule has 25 heavy (non-hydrogen) atoms. The fourth-order valence-electron chi connectivity index (χ4n) is 1.98. The molecule has 0 radical (unpaired) electrons. The number of hydrogen-bond donors (Lipinski definition) is 1. The summed E-state index contributed by atoms with van der Waals surface area (Å²) in [5.74, 6) is 0.269. The Morgan fingerprint density at radius 3 is 2.72 bits per heavy atom. The zero-order valence-corrected chi connectivity index (χ0v) is 13.8.